The number of methoxy groups -OCH3 is 1. The molecule has 2 atom stereocenters. The Morgan fingerprint density at radius 3 is 2.65 bits per heavy atom. The van der Waals surface area contributed by atoms with Crippen LogP contribution in [0.4, 0.5) is 0 Å². The van der Waals surface area contributed by atoms with E-state index in [1.807, 2.05) is 24.3 Å². The van der Waals surface area contributed by atoms with Crippen LogP contribution in [0, 0.1) is 5.92 Å². The van der Waals surface area contributed by atoms with E-state index in [1.54, 1.807) is 16.9 Å². The van der Waals surface area contributed by atoms with E-state index in [0.29, 0.717) is 26.1 Å². The molecule has 2 aliphatic heterocycles. The molecule has 0 saturated carbocycles. The van der Waals surface area contributed by atoms with E-state index >= 15 is 0 Å². The number of hydrogen-bond donors (Lipinski definition) is 1. The van der Waals surface area contributed by atoms with E-state index < -0.39 is 6.10 Å². The number of rotatable bonds is 3. The highest BCUT2D eigenvalue weighted by molar-refractivity contribution is 5.84. The minimum atomic E-state index is -0.515. The number of β-amino-alcohol motifs (C(OH)–C–C–N with tert-alkyl or cyclic N) is 1. The summed E-state index contributed by atoms with van der Waals surface area (Å²) in [5, 5.41) is 10.0. The maximum atomic E-state index is 12.7. The van der Waals surface area contributed by atoms with Crippen LogP contribution >= 0.6 is 0 Å². The highest BCUT2D eigenvalue weighted by Gasteiger charge is 2.42. The summed E-state index contributed by atoms with van der Waals surface area (Å²) in [6, 6.07) is 7.47. The van der Waals surface area contributed by atoms with Crippen LogP contribution in [-0.2, 0) is 9.59 Å². The summed E-state index contributed by atoms with van der Waals surface area (Å²) in [5.41, 5.74) is 0.969. The number of carbonyl (C=O) groups excluding carboxylic acids is 2. The number of hydrogen-bond acceptors (Lipinski definition) is 4. The van der Waals surface area contributed by atoms with Gasteiger partial charge in [-0.25, -0.2) is 0 Å². The number of benzene rings is 1. The molecular formula is C17H22N2O4. The fraction of sp³-hybridized carbons (Fsp3) is 0.529. The quantitative estimate of drug-likeness (QED) is 0.895. The Morgan fingerprint density at radius 1 is 1.26 bits per heavy atom. The van der Waals surface area contributed by atoms with Crippen LogP contribution in [0.15, 0.2) is 24.3 Å². The Labute approximate surface area is 135 Å². The molecule has 6 heteroatoms. The van der Waals surface area contributed by atoms with Gasteiger partial charge in [-0.15, -0.1) is 0 Å². The third-order valence-corrected chi connectivity index (χ3v) is 4.72. The monoisotopic (exact) mass is 318 g/mol. The molecule has 0 bridgehead atoms. The first-order valence-electron chi connectivity index (χ1n) is 7.87. The van der Waals surface area contributed by atoms with Crippen LogP contribution in [0.25, 0.3) is 0 Å². The van der Waals surface area contributed by atoms with Gasteiger partial charge in [0.25, 0.3) is 0 Å². The summed E-state index contributed by atoms with van der Waals surface area (Å²) >= 11 is 0. The number of ether oxygens (including phenoxy) is 1. The van der Waals surface area contributed by atoms with Gasteiger partial charge in [-0.05, 0) is 24.1 Å². The molecule has 2 amide bonds. The van der Waals surface area contributed by atoms with Crippen molar-refractivity contribution in [3.05, 3.63) is 29.8 Å². The minimum absolute atomic E-state index is 0.000137. The highest BCUT2D eigenvalue weighted by Crippen LogP contribution is 2.35. The molecule has 1 N–H and O–H groups in total. The number of carbonyl (C=O) groups is 2. The molecule has 0 aliphatic carbocycles. The molecule has 124 valence electrons. The molecule has 2 fully saturated rings. The zero-order valence-corrected chi connectivity index (χ0v) is 13.4. The van der Waals surface area contributed by atoms with Crippen molar-refractivity contribution < 1.29 is 19.4 Å². The molecule has 3 rings (SSSR count). The predicted molar refractivity (Wildman–Crippen MR) is 83.8 cm³/mol. The standard InChI is InChI=1S/C17H22N2O4/c1-11(20)18-8-13(9-18)17(22)19-10-14(21)7-16(19)12-4-3-5-15(6-12)23-2/h3-6,13-14,16,21H,7-10H2,1-2H3/t14-,16+/m1/s1. The molecule has 0 radical (unpaired) electrons. The van der Waals surface area contributed by atoms with Crippen LogP contribution in [0.5, 0.6) is 5.75 Å². The lowest BCUT2D eigenvalue weighted by atomic mass is 9.96. The summed E-state index contributed by atoms with van der Waals surface area (Å²) in [6.07, 6.45) is 0.0151. The summed E-state index contributed by atoms with van der Waals surface area (Å²) in [7, 11) is 1.61. The third-order valence-electron chi connectivity index (χ3n) is 4.72. The van der Waals surface area contributed by atoms with Gasteiger partial charge < -0.3 is 19.6 Å². The molecule has 2 heterocycles. The third kappa shape index (κ3) is 3.03. The van der Waals surface area contributed by atoms with E-state index in [0.717, 1.165) is 11.3 Å². The number of nitrogens with zero attached hydrogens (tertiary/aromatic N) is 2. The predicted octanol–water partition coefficient (Wildman–Crippen LogP) is 0.808. The first kappa shape index (κ1) is 15.8. The van der Waals surface area contributed by atoms with Crippen LogP contribution in [-0.4, -0.2) is 59.6 Å². The van der Waals surface area contributed by atoms with Gasteiger partial charge in [0.2, 0.25) is 11.8 Å². The van der Waals surface area contributed by atoms with Gasteiger partial charge >= 0.3 is 0 Å². The Balaban J connectivity index is 1.75. The van der Waals surface area contributed by atoms with Gasteiger partial charge in [0.05, 0.1) is 25.2 Å². The number of aliphatic hydroxyl groups excluding tert-OH is 1. The maximum absolute atomic E-state index is 12.7. The molecule has 1 aromatic carbocycles. The second-order valence-corrected chi connectivity index (χ2v) is 6.29. The van der Waals surface area contributed by atoms with Crippen molar-refractivity contribution in [2.75, 3.05) is 26.7 Å². The Hall–Kier alpha value is -2.08. The van der Waals surface area contributed by atoms with Gasteiger partial charge in [0.15, 0.2) is 0 Å². The van der Waals surface area contributed by atoms with Gasteiger partial charge in [0, 0.05) is 26.6 Å². The minimum Gasteiger partial charge on any atom is -0.497 e. The van der Waals surface area contributed by atoms with Crippen molar-refractivity contribution in [1.29, 1.82) is 0 Å². The molecule has 0 unspecified atom stereocenters. The largest absolute Gasteiger partial charge is 0.497 e. The zero-order chi connectivity index (χ0) is 16.6. The number of likely N-dealkylation sites (tertiary alicyclic amines) is 2. The highest BCUT2D eigenvalue weighted by atomic mass is 16.5. The van der Waals surface area contributed by atoms with Gasteiger partial charge in [-0.2, -0.15) is 0 Å². The summed E-state index contributed by atoms with van der Waals surface area (Å²) in [4.78, 5) is 27.4. The molecule has 1 aromatic rings. The second kappa shape index (κ2) is 6.20. The fourth-order valence-corrected chi connectivity index (χ4v) is 3.35. The second-order valence-electron chi connectivity index (χ2n) is 6.29. The first-order chi connectivity index (χ1) is 11.0. The lowest BCUT2D eigenvalue weighted by Gasteiger charge is -2.40. The smallest absolute Gasteiger partial charge is 0.229 e. The molecule has 2 saturated heterocycles. The van der Waals surface area contributed by atoms with Crippen LogP contribution in [0.1, 0.15) is 24.9 Å². The molecular weight excluding hydrogens is 296 g/mol. The zero-order valence-electron chi connectivity index (χ0n) is 13.4. The van der Waals surface area contributed by atoms with E-state index in [1.165, 1.54) is 6.92 Å². The van der Waals surface area contributed by atoms with Crippen molar-refractivity contribution in [2.24, 2.45) is 5.92 Å². The lowest BCUT2D eigenvalue weighted by molar-refractivity contribution is -0.148. The van der Waals surface area contributed by atoms with E-state index in [9.17, 15) is 14.7 Å². The van der Waals surface area contributed by atoms with Gasteiger partial charge in [0.1, 0.15) is 5.75 Å². The van der Waals surface area contributed by atoms with Gasteiger partial charge in [-0.3, -0.25) is 9.59 Å². The number of amides is 2. The van der Waals surface area contributed by atoms with Crippen molar-refractivity contribution in [3.8, 4) is 5.75 Å². The van der Waals surface area contributed by atoms with Crippen LogP contribution in [0.3, 0.4) is 0 Å². The SMILES string of the molecule is COc1cccc([C@@H]2C[C@@H](O)CN2C(=O)C2CN(C(C)=O)C2)c1. The average Bonchev–Trinajstić information content (AvgIpc) is 2.87. The molecule has 0 aromatic heterocycles. The normalized spacial score (nSPS) is 24.5. The fourth-order valence-electron chi connectivity index (χ4n) is 3.35. The Kier molecular flexibility index (Phi) is 4.26. The van der Waals surface area contributed by atoms with E-state index in [-0.39, 0.29) is 23.8 Å². The van der Waals surface area contributed by atoms with Gasteiger partial charge in [-0.1, -0.05) is 12.1 Å². The Morgan fingerprint density at radius 2 is 2.00 bits per heavy atom. The topological polar surface area (TPSA) is 70.1 Å². The summed E-state index contributed by atoms with van der Waals surface area (Å²) < 4.78 is 5.25. The molecule has 2 aliphatic rings. The maximum Gasteiger partial charge on any atom is 0.229 e. The summed E-state index contributed by atoms with van der Waals surface area (Å²) in [5.74, 6) is 0.603. The molecule has 0 spiro atoms. The molecule has 23 heavy (non-hydrogen) atoms. The summed E-state index contributed by atoms with van der Waals surface area (Å²) in [6.45, 7) is 2.81. The van der Waals surface area contributed by atoms with Crippen molar-refractivity contribution in [1.82, 2.24) is 9.80 Å². The van der Waals surface area contributed by atoms with Crippen LogP contribution in [0.2, 0.25) is 0 Å². The number of aliphatic hydroxyl groups is 1. The van der Waals surface area contributed by atoms with E-state index in [2.05, 4.69) is 0 Å². The lowest BCUT2D eigenvalue weighted by Crippen LogP contribution is -2.55. The van der Waals surface area contributed by atoms with E-state index in [4.69, 9.17) is 4.74 Å². The van der Waals surface area contributed by atoms with Crippen molar-refractivity contribution in [2.45, 2.75) is 25.5 Å². The first-order valence-corrected chi connectivity index (χ1v) is 7.87. The molecule has 6 nitrogen and oxygen atoms in total. The van der Waals surface area contributed by atoms with Crippen LogP contribution < -0.4 is 4.74 Å². The Bertz CT molecular complexity index is 612. The average molecular weight is 318 g/mol. The van der Waals surface area contributed by atoms with Crippen molar-refractivity contribution >= 4 is 11.8 Å². The van der Waals surface area contributed by atoms with Crippen molar-refractivity contribution in [3.63, 3.8) is 0 Å².